The van der Waals surface area contributed by atoms with Crippen LogP contribution in [0.4, 0.5) is 4.39 Å². The van der Waals surface area contributed by atoms with E-state index in [2.05, 4.69) is 14.9 Å². The Labute approximate surface area is 172 Å². The molecule has 152 valence electrons. The molecular weight excluding hydrogens is 415 g/mol. The number of halogens is 1. The summed E-state index contributed by atoms with van der Waals surface area (Å²) in [6.45, 7) is 1.92. The quantitative estimate of drug-likeness (QED) is 0.433. The van der Waals surface area contributed by atoms with E-state index in [9.17, 15) is 17.6 Å². The second-order valence-corrected chi connectivity index (χ2v) is 9.16. The van der Waals surface area contributed by atoms with E-state index in [1.165, 1.54) is 36.0 Å². The van der Waals surface area contributed by atoms with Crippen LogP contribution in [-0.4, -0.2) is 41.0 Å². The van der Waals surface area contributed by atoms with Crippen LogP contribution >= 0.6 is 11.8 Å². The number of hydrogen-bond acceptors (Lipinski definition) is 6. The highest BCUT2D eigenvalue weighted by Crippen LogP contribution is 2.23. The van der Waals surface area contributed by atoms with E-state index in [0.717, 1.165) is 17.5 Å². The zero-order valence-electron chi connectivity index (χ0n) is 15.8. The second kappa shape index (κ2) is 8.85. The van der Waals surface area contributed by atoms with Crippen LogP contribution in [-0.2, 0) is 16.6 Å². The molecule has 2 aromatic carbocycles. The van der Waals surface area contributed by atoms with Crippen LogP contribution < -0.4 is 4.72 Å². The number of sulfonamides is 1. The summed E-state index contributed by atoms with van der Waals surface area (Å²) in [5.41, 5.74) is 2.22. The van der Waals surface area contributed by atoms with Gasteiger partial charge in [0.25, 0.3) is 0 Å². The molecule has 1 N–H and O–H groups in total. The zero-order valence-corrected chi connectivity index (χ0v) is 17.4. The highest BCUT2D eigenvalue weighted by molar-refractivity contribution is 7.99. The summed E-state index contributed by atoms with van der Waals surface area (Å²) in [5, 5.41) is 8.66. The lowest BCUT2D eigenvalue weighted by molar-refractivity contribution is 0.102. The molecule has 1 aromatic heterocycles. The van der Waals surface area contributed by atoms with Gasteiger partial charge in [-0.15, -0.1) is 10.2 Å². The molecule has 0 fully saturated rings. The third-order valence-corrected chi connectivity index (χ3v) is 5.58. The predicted octanol–water partition coefficient (Wildman–Crippen LogP) is 2.74. The molecule has 7 nitrogen and oxygen atoms in total. The Morgan fingerprint density at radius 1 is 1.10 bits per heavy atom. The lowest BCUT2D eigenvalue weighted by Gasteiger charge is -2.11. The molecule has 10 heteroatoms. The van der Waals surface area contributed by atoms with E-state index < -0.39 is 15.8 Å². The highest BCUT2D eigenvalue weighted by atomic mass is 32.2. The van der Waals surface area contributed by atoms with E-state index in [1.54, 1.807) is 4.57 Å². The molecule has 1 heterocycles. The van der Waals surface area contributed by atoms with Crippen molar-refractivity contribution in [1.82, 2.24) is 19.5 Å². The molecule has 0 saturated carbocycles. The van der Waals surface area contributed by atoms with Gasteiger partial charge >= 0.3 is 0 Å². The van der Waals surface area contributed by atoms with Crippen molar-refractivity contribution in [2.75, 3.05) is 12.0 Å². The van der Waals surface area contributed by atoms with Crippen LogP contribution in [0.2, 0.25) is 0 Å². The van der Waals surface area contributed by atoms with Gasteiger partial charge in [0.2, 0.25) is 10.0 Å². The van der Waals surface area contributed by atoms with Crippen LogP contribution in [0, 0.1) is 12.7 Å². The molecule has 3 aromatic rings. The summed E-state index contributed by atoms with van der Waals surface area (Å²) >= 11 is 1.18. The van der Waals surface area contributed by atoms with Crippen molar-refractivity contribution in [3.63, 3.8) is 0 Å². The number of thioether (sulfide) groups is 1. The standard InChI is InChI=1S/C19H19FN4O3S2/c1-13-3-9-16(10-4-13)24-18(11-21-29(2,26)27)22-23-19(24)28-12-17(25)14-5-7-15(20)8-6-14/h3-10,21H,11-12H2,1-2H3. The molecule has 0 saturated heterocycles. The van der Waals surface area contributed by atoms with Gasteiger partial charge < -0.3 is 0 Å². The number of Topliss-reactive ketones (excluding diaryl/α,β-unsaturated/α-hetero) is 1. The van der Waals surface area contributed by atoms with Crippen molar-refractivity contribution >= 4 is 27.6 Å². The molecule has 0 amide bonds. The van der Waals surface area contributed by atoms with E-state index in [1.807, 2.05) is 31.2 Å². The number of aryl methyl sites for hydroxylation is 1. The maximum absolute atomic E-state index is 13.0. The number of rotatable bonds is 8. The van der Waals surface area contributed by atoms with Crippen LogP contribution in [0.25, 0.3) is 5.69 Å². The van der Waals surface area contributed by atoms with E-state index >= 15 is 0 Å². The molecule has 0 aliphatic rings. The number of carbonyl (C=O) groups is 1. The number of nitrogens with zero attached hydrogens (tertiary/aromatic N) is 3. The van der Waals surface area contributed by atoms with Crippen LogP contribution in [0.15, 0.2) is 53.7 Å². The fourth-order valence-electron chi connectivity index (χ4n) is 2.51. The van der Waals surface area contributed by atoms with Gasteiger partial charge in [0, 0.05) is 11.3 Å². The van der Waals surface area contributed by atoms with Gasteiger partial charge in [-0.05, 0) is 43.3 Å². The van der Waals surface area contributed by atoms with Crippen molar-refractivity contribution in [2.45, 2.75) is 18.6 Å². The lowest BCUT2D eigenvalue weighted by Crippen LogP contribution is -2.23. The third kappa shape index (κ3) is 5.72. The van der Waals surface area contributed by atoms with Gasteiger partial charge in [-0.2, -0.15) is 0 Å². The van der Waals surface area contributed by atoms with Crippen LogP contribution in [0.5, 0.6) is 0 Å². The molecule has 0 aliphatic heterocycles. The number of carbonyl (C=O) groups excluding carboxylic acids is 1. The number of hydrogen-bond donors (Lipinski definition) is 1. The summed E-state index contributed by atoms with van der Waals surface area (Å²) in [5.74, 6) is -0.105. The number of nitrogens with one attached hydrogen (secondary N) is 1. The molecular formula is C19H19FN4O3S2. The first-order chi connectivity index (χ1) is 13.7. The van der Waals surface area contributed by atoms with Crippen molar-refractivity contribution in [1.29, 1.82) is 0 Å². The average molecular weight is 435 g/mol. The fourth-order valence-corrected chi connectivity index (χ4v) is 3.76. The Balaban J connectivity index is 1.85. The van der Waals surface area contributed by atoms with E-state index in [4.69, 9.17) is 0 Å². The predicted molar refractivity (Wildman–Crippen MR) is 109 cm³/mol. The van der Waals surface area contributed by atoms with Gasteiger partial charge in [0.05, 0.1) is 18.6 Å². The van der Waals surface area contributed by atoms with Crippen molar-refractivity contribution in [3.8, 4) is 5.69 Å². The molecule has 0 bridgehead atoms. The van der Waals surface area contributed by atoms with Gasteiger partial charge in [-0.3, -0.25) is 9.36 Å². The topological polar surface area (TPSA) is 93.9 Å². The normalized spacial score (nSPS) is 11.6. The Hall–Kier alpha value is -2.56. The largest absolute Gasteiger partial charge is 0.293 e. The number of benzene rings is 2. The van der Waals surface area contributed by atoms with E-state index in [0.29, 0.717) is 16.5 Å². The minimum absolute atomic E-state index is 0.0355. The van der Waals surface area contributed by atoms with E-state index in [-0.39, 0.29) is 18.1 Å². The van der Waals surface area contributed by atoms with Gasteiger partial charge in [-0.25, -0.2) is 17.5 Å². The molecule has 0 aliphatic carbocycles. The van der Waals surface area contributed by atoms with Crippen molar-refractivity contribution < 1.29 is 17.6 Å². The SMILES string of the molecule is Cc1ccc(-n2c(CNS(C)(=O)=O)nnc2SCC(=O)c2ccc(F)cc2)cc1. The summed E-state index contributed by atoms with van der Waals surface area (Å²) in [6.07, 6.45) is 1.07. The first-order valence-corrected chi connectivity index (χ1v) is 11.5. The summed E-state index contributed by atoms with van der Waals surface area (Å²) in [7, 11) is -3.41. The molecule has 3 rings (SSSR count). The molecule has 0 spiro atoms. The maximum atomic E-state index is 13.0. The maximum Gasteiger partial charge on any atom is 0.209 e. The smallest absolute Gasteiger partial charge is 0.209 e. The second-order valence-electron chi connectivity index (χ2n) is 6.38. The molecule has 0 radical (unpaired) electrons. The molecule has 0 atom stereocenters. The monoisotopic (exact) mass is 434 g/mol. The number of aromatic nitrogens is 3. The van der Waals surface area contributed by atoms with Gasteiger partial charge in [-0.1, -0.05) is 29.5 Å². The van der Waals surface area contributed by atoms with Gasteiger partial charge in [0.15, 0.2) is 16.8 Å². The Morgan fingerprint density at radius 3 is 2.38 bits per heavy atom. The first kappa shape index (κ1) is 21.2. The molecule has 29 heavy (non-hydrogen) atoms. The highest BCUT2D eigenvalue weighted by Gasteiger charge is 2.17. The molecule has 0 unspecified atom stereocenters. The summed E-state index contributed by atoms with van der Waals surface area (Å²) < 4.78 is 40.1. The Bertz CT molecular complexity index is 1110. The van der Waals surface area contributed by atoms with Crippen LogP contribution in [0.1, 0.15) is 21.7 Å². The Kier molecular flexibility index (Phi) is 6.46. The van der Waals surface area contributed by atoms with Crippen molar-refractivity contribution in [3.05, 3.63) is 71.3 Å². The average Bonchev–Trinajstić information content (AvgIpc) is 3.08. The Morgan fingerprint density at radius 2 is 1.76 bits per heavy atom. The third-order valence-electron chi connectivity index (χ3n) is 3.98. The number of ketones is 1. The first-order valence-electron chi connectivity index (χ1n) is 8.60. The minimum atomic E-state index is -3.41. The zero-order chi connectivity index (χ0) is 21.0. The lowest BCUT2D eigenvalue weighted by atomic mass is 10.1. The van der Waals surface area contributed by atoms with Crippen molar-refractivity contribution in [2.24, 2.45) is 0 Å². The minimum Gasteiger partial charge on any atom is -0.293 e. The van der Waals surface area contributed by atoms with Gasteiger partial charge in [0.1, 0.15) is 5.82 Å². The summed E-state index contributed by atoms with van der Waals surface area (Å²) in [6, 6.07) is 12.9. The summed E-state index contributed by atoms with van der Waals surface area (Å²) in [4.78, 5) is 12.4. The fraction of sp³-hybridized carbons (Fsp3) is 0.211. The van der Waals surface area contributed by atoms with Crippen LogP contribution in [0.3, 0.4) is 0 Å².